The maximum atomic E-state index is 13.9. The predicted molar refractivity (Wildman–Crippen MR) is 67.5 cm³/mol. The Kier molecular flexibility index (Phi) is 4.02. The number of aryl methyl sites for hydroxylation is 1. The molecule has 2 aliphatic rings. The molecule has 0 amide bonds. The molecular weight excluding hydrogens is 257 g/mol. The smallest absolute Gasteiger partial charge is 0.254 e. The van der Waals surface area contributed by atoms with Gasteiger partial charge in [-0.2, -0.15) is 9.37 Å². The fraction of sp³-hybridized carbons (Fsp3) is 0.667. The summed E-state index contributed by atoms with van der Waals surface area (Å²) in [5.41, 5.74) is 0.428. The van der Waals surface area contributed by atoms with Crippen LogP contribution in [0.2, 0.25) is 0 Å². The highest BCUT2D eigenvalue weighted by Gasteiger charge is 2.46. The van der Waals surface area contributed by atoms with Crippen molar-refractivity contribution in [3.63, 3.8) is 0 Å². The van der Waals surface area contributed by atoms with Gasteiger partial charge in [-0.25, -0.2) is 4.98 Å². The van der Waals surface area contributed by atoms with E-state index in [1.54, 1.807) is 0 Å². The molecule has 3 atom stereocenters. The van der Waals surface area contributed by atoms with Crippen LogP contribution in [0.4, 0.5) is 4.39 Å². The summed E-state index contributed by atoms with van der Waals surface area (Å²) in [6.07, 6.45) is 3.25. The van der Waals surface area contributed by atoms with Crippen molar-refractivity contribution in [2.24, 2.45) is 11.8 Å². The van der Waals surface area contributed by atoms with Gasteiger partial charge in [-0.15, -0.1) is 12.4 Å². The van der Waals surface area contributed by atoms with Crippen LogP contribution in [0, 0.1) is 17.7 Å². The minimum absolute atomic E-state index is 0. The first-order valence-corrected chi connectivity index (χ1v) is 6.16. The standard InChI is InChI=1S/C12H16FN3O.ClH/c1-2-9-10(13)12(16-6-15-9)17-11-7-3-8(11)5-14-4-7;/h6-8,11,14H,2-5H2,1H3;1H/t7-,8+,11?;. The molecule has 1 saturated carbocycles. The van der Waals surface area contributed by atoms with Gasteiger partial charge in [-0.1, -0.05) is 6.92 Å². The van der Waals surface area contributed by atoms with Gasteiger partial charge in [0.2, 0.25) is 5.82 Å². The van der Waals surface area contributed by atoms with E-state index in [1.165, 1.54) is 12.7 Å². The van der Waals surface area contributed by atoms with E-state index in [4.69, 9.17) is 4.74 Å². The molecule has 6 heteroatoms. The van der Waals surface area contributed by atoms with Crippen molar-refractivity contribution < 1.29 is 9.13 Å². The number of fused-ring (bicyclic) bond motifs is 2. The Morgan fingerprint density at radius 3 is 2.72 bits per heavy atom. The first kappa shape index (κ1) is 13.5. The van der Waals surface area contributed by atoms with E-state index in [0.29, 0.717) is 24.0 Å². The van der Waals surface area contributed by atoms with Gasteiger partial charge in [-0.05, 0) is 12.8 Å². The molecule has 100 valence electrons. The minimum Gasteiger partial charge on any atom is -0.472 e. The van der Waals surface area contributed by atoms with Crippen LogP contribution in [0.3, 0.4) is 0 Å². The van der Waals surface area contributed by atoms with Crippen LogP contribution >= 0.6 is 12.4 Å². The van der Waals surface area contributed by atoms with Gasteiger partial charge in [0, 0.05) is 24.9 Å². The van der Waals surface area contributed by atoms with Crippen LogP contribution in [0.5, 0.6) is 5.88 Å². The normalized spacial score (nSPS) is 29.1. The van der Waals surface area contributed by atoms with E-state index in [1.807, 2.05) is 6.92 Å². The van der Waals surface area contributed by atoms with E-state index < -0.39 is 5.82 Å². The number of hydrogen-bond donors (Lipinski definition) is 1. The van der Waals surface area contributed by atoms with E-state index >= 15 is 0 Å². The molecule has 2 heterocycles. The van der Waals surface area contributed by atoms with E-state index in [-0.39, 0.29) is 24.4 Å². The summed E-state index contributed by atoms with van der Waals surface area (Å²) in [4.78, 5) is 7.81. The fourth-order valence-electron chi connectivity index (χ4n) is 2.74. The zero-order valence-electron chi connectivity index (χ0n) is 10.2. The van der Waals surface area contributed by atoms with Crippen LogP contribution < -0.4 is 10.1 Å². The lowest BCUT2D eigenvalue weighted by atomic mass is 9.69. The third-order valence-corrected chi connectivity index (χ3v) is 3.76. The zero-order chi connectivity index (χ0) is 11.8. The third-order valence-electron chi connectivity index (χ3n) is 3.76. The van der Waals surface area contributed by atoms with Crippen LogP contribution in [-0.4, -0.2) is 29.2 Å². The SMILES string of the molecule is CCc1ncnc(OC2[C@@H]3CNC[C@H]2C3)c1F.Cl. The number of piperidine rings is 2. The average molecular weight is 274 g/mol. The summed E-state index contributed by atoms with van der Waals surface area (Å²) in [5.74, 6) is 0.743. The van der Waals surface area contributed by atoms with E-state index in [9.17, 15) is 4.39 Å². The molecule has 1 saturated heterocycles. The number of halogens is 2. The summed E-state index contributed by atoms with van der Waals surface area (Å²) in [5, 5.41) is 3.33. The van der Waals surface area contributed by atoms with Gasteiger partial charge < -0.3 is 10.1 Å². The van der Waals surface area contributed by atoms with Gasteiger partial charge in [0.05, 0.1) is 5.69 Å². The van der Waals surface area contributed by atoms with E-state index in [0.717, 1.165) is 13.1 Å². The molecule has 0 aromatic carbocycles. The molecule has 3 rings (SSSR count). The maximum absolute atomic E-state index is 13.9. The Morgan fingerprint density at radius 1 is 1.39 bits per heavy atom. The summed E-state index contributed by atoms with van der Waals surface area (Å²) in [6, 6.07) is 0. The van der Waals surface area contributed by atoms with Crippen molar-refractivity contribution in [3.05, 3.63) is 17.8 Å². The second-order valence-electron chi connectivity index (χ2n) is 4.79. The highest BCUT2D eigenvalue weighted by atomic mass is 35.5. The molecule has 2 fully saturated rings. The fourth-order valence-corrected chi connectivity index (χ4v) is 2.74. The Morgan fingerprint density at radius 2 is 2.11 bits per heavy atom. The third kappa shape index (κ3) is 2.17. The Hall–Kier alpha value is -0.940. The molecule has 1 N–H and O–H groups in total. The Balaban J connectivity index is 0.00000120. The maximum Gasteiger partial charge on any atom is 0.254 e. The highest BCUT2D eigenvalue weighted by molar-refractivity contribution is 5.85. The molecular formula is C12H17ClFN3O. The molecule has 1 aromatic rings. The van der Waals surface area contributed by atoms with Crippen molar-refractivity contribution >= 4 is 12.4 Å². The minimum atomic E-state index is -0.395. The monoisotopic (exact) mass is 273 g/mol. The van der Waals surface area contributed by atoms with Gasteiger partial charge in [0.15, 0.2) is 0 Å². The largest absolute Gasteiger partial charge is 0.472 e. The highest BCUT2D eigenvalue weighted by Crippen LogP contribution is 2.39. The molecule has 0 radical (unpaired) electrons. The van der Waals surface area contributed by atoms with Crippen molar-refractivity contribution in [2.45, 2.75) is 25.9 Å². The second kappa shape index (κ2) is 5.36. The summed E-state index contributed by atoms with van der Waals surface area (Å²) in [7, 11) is 0. The van der Waals surface area contributed by atoms with Crippen molar-refractivity contribution in [2.75, 3.05) is 13.1 Å². The number of ether oxygens (including phenoxy) is 1. The van der Waals surface area contributed by atoms with Gasteiger partial charge in [0.25, 0.3) is 5.88 Å². The molecule has 2 bridgehead atoms. The topological polar surface area (TPSA) is 47.0 Å². The quantitative estimate of drug-likeness (QED) is 0.909. The van der Waals surface area contributed by atoms with Crippen molar-refractivity contribution in [1.82, 2.24) is 15.3 Å². The number of hydrogen-bond acceptors (Lipinski definition) is 4. The molecule has 18 heavy (non-hydrogen) atoms. The number of nitrogens with zero attached hydrogens (tertiary/aromatic N) is 2. The number of aromatic nitrogens is 2. The van der Waals surface area contributed by atoms with Crippen LogP contribution in [-0.2, 0) is 6.42 Å². The average Bonchev–Trinajstić information content (AvgIpc) is 2.38. The lowest BCUT2D eigenvalue weighted by molar-refractivity contribution is -0.0492. The summed E-state index contributed by atoms with van der Waals surface area (Å²) >= 11 is 0. The van der Waals surface area contributed by atoms with Crippen LogP contribution in [0.1, 0.15) is 19.0 Å². The molecule has 1 unspecified atom stereocenters. The molecule has 1 aromatic heterocycles. The second-order valence-corrected chi connectivity index (χ2v) is 4.79. The first-order chi connectivity index (χ1) is 8.29. The number of nitrogens with one attached hydrogen (secondary N) is 1. The van der Waals surface area contributed by atoms with Gasteiger partial charge in [-0.3, -0.25) is 0 Å². The zero-order valence-corrected chi connectivity index (χ0v) is 11.0. The Bertz CT molecular complexity index is 418. The van der Waals surface area contributed by atoms with Gasteiger partial charge in [0.1, 0.15) is 12.4 Å². The number of rotatable bonds is 3. The summed E-state index contributed by atoms with van der Waals surface area (Å²) in [6.45, 7) is 3.81. The van der Waals surface area contributed by atoms with Crippen molar-refractivity contribution in [1.29, 1.82) is 0 Å². The first-order valence-electron chi connectivity index (χ1n) is 6.16. The molecule has 4 nitrogen and oxygen atoms in total. The lowest BCUT2D eigenvalue weighted by Gasteiger charge is -2.48. The van der Waals surface area contributed by atoms with Crippen molar-refractivity contribution in [3.8, 4) is 5.88 Å². The Labute approximate surface area is 112 Å². The summed E-state index contributed by atoms with van der Waals surface area (Å²) < 4.78 is 19.6. The van der Waals surface area contributed by atoms with Crippen LogP contribution in [0.25, 0.3) is 0 Å². The predicted octanol–water partition coefficient (Wildman–Crippen LogP) is 1.59. The van der Waals surface area contributed by atoms with E-state index in [2.05, 4.69) is 15.3 Å². The molecule has 1 aliphatic carbocycles. The molecule has 0 spiro atoms. The van der Waals surface area contributed by atoms with Gasteiger partial charge >= 0.3 is 0 Å². The lowest BCUT2D eigenvalue weighted by Crippen LogP contribution is -2.59. The molecule has 1 aliphatic heterocycles. The van der Waals surface area contributed by atoms with Crippen LogP contribution in [0.15, 0.2) is 6.33 Å².